The lowest BCUT2D eigenvalue weighted by Gasteiger charge is -2.25. The molecule has 1 saturated carbocycles. The van der Waals surface area contributed by atoms with E-state index in [1.54, 1.807) is 12.1 Å². The number of nitrogens with one attached hydrogen (secondary N) is 2. The molecule has 4 nitrogen and oxygen atoms in total. The van der Waals surface area contributed by atoms with Crippen molar-refractivity contribution in [2.75, 3.05) is 0 Å². The van der Waals surface area contributed by atoms with Crippen LogP contribution in [0.2, 0.25) is 0 Å². The third kappa shape index (κ3) is 4.33. The van der Waals surface area contributed by atoms with Gasteiger partial charge in [0, 0.05) is 11.6 Å². The summed E-state index contributed by atoms with van der Waals surface area (Å²) in [6.45, 7) is 6.07. The van der Waals surface area contributed by atoms with Crippen LogP contribution in [0.5, 0.6) is 0 Å². The zero-order valence-corrected chi connectivity index (χ0v) is 13.6. The van der Waals surface area contributed by atoms with Crippen molar-refractivity contribution in [2.24, 2.45) is 11.8 Å². The van der Waals surface area contributed by atoms with E-state index in [1.807, 2.05) is 39.0 Å². The molecule has 1 fully saturated rings. The van der Waals surface area contributed by atoms with E-state index in [2.05, 4.69) is 10.6 Å². The molecule has 0 spiro atoms. The second-order valence-electron chi connectivity index (χ2n) is 6.34. The zero-order valence-electron chi connectivity index (χ0n) is 13.6. The Balaban J connectivity index is 2.02. The number of benzene rings is 1. The minimum atomic E-state index is -0.487. The summed E-state index contributed by atoms with van der Waals surface area (Å²) < 4.78 is 0. The average Bonchev–Trinajstić information content (AvgIpc) is 3.37. The largest absolute Gasteiger partial charge is 0.352 e. The fraction of sp³-hybridized carbons (Fsp3) is 0.556. The van der Waals surface area contributed by atoms with Gasteiger partial charge in [0.25, 0.3) is 5.91 Å². The van der Waals surface area contributed by atoms with Gasteiger partial charge in [-0.05, 0) is 43.7 Å². The van der Waals surface area contributed by atoms with E-state index in [1.165, 1.54) is 12.8 Å². The molecule has 1 aliphatic carbocycles. The minimum absolute atomic E-state index is 0.0713. The summed E-state index contributed by atoms with van der Waals surface area (Å²) in [7, 11) is 0. The number of carbonyl (C=O) groups is 2. The van der Waals surface area contributed by atoms with E-state index in [0.717, 1.165) is 6.42 Å². The van der Waals surface area contributed by atoms with Crippen molar-refractivity contribution in [3.05, 3.63) is 35.9 Å². The topological polar surface area (TPSA) is 58.2 Å². The molecule has 0 radical (unpaired) electrons. The van der Waals surface area contributed by atoms with Crippen LogP contribution in [0.1, 0.15) is 50.4 Å². The highest BCUT2D eigenvalue weighted by Crippen LogP contribution is 2.32. The molecule has 22 heavy (non-hydrogen) atoms. The molecule has 2 rings (SSSR count). The van der Waals surface area contributed by atoms with Crippen molar-refractivity contribution in [1.29, 1.82) is 0 Å². The summed E-state index contributed by atoms with van der Waals surface area (Å²) in [5.41, 5.74) is 0.582. The van der Waals surface area contributed by atoms with Crippen LogP contribution in [0.15, 0.2) is 30.3 Å². The fourth-order valence-electron chi connectivity index (χ4n) is 2.54. The lowest BCUT2D eigenvalue weighted by molar-refractivity contribution is -0.124. The minimum Gasteiger partial charge on any atom is -0.352 e. The highest BCUT2D eigenvalue weighted by Gasteiger charge is 2.32. The highest BCUT2D eigenvalue weighted by atomic mass is 16.2. The first-order valence-corrected chi connectivity index (χ1v) is 8.19. The van der Waals surface area contributed by atoms with Crippen LogP contribution in [0, 0.1) is 11.8 Å². The first-order valence-electron chi connectivity index (χ1n) is 8.19. The predicted molar refractivity (Wildman–Crippen MR) is 87.5 cm³/mol. The standard InChI is InChI=1S/C18H26N2O2/c1-4-12(2)16(18(22)19-13(3)14-10-11-14)20-17(21)15-8-6-5-7-9-15/h5-9,12-14,16H,4,10-11H2,1-3H3,(H,19,22)(H,20,21)/t12-,13-,16-/m0/s1. The van der Waals surface area contributed by atoms with Gasteiger partial charge in [-0.2, -0.15) is 0 Å². The first kappa shape index (κ1) is 16.5. The maximum Gasteiger partial charge on any atom is 0.251 e. The second kappa shape index (κ2) is 7.43. The quantitative estimate of drug-likeness (QED) is 0.813. The van der Waals surface area contributed by atoms with Crippen LogP contribution in [0.4, 0.5) is 0 Å². The SMILES string of the molecule is CC[C@H](C)[C@H](NC(=O)c1ccccc1)C(=O)N[C@@H](C)C1CC1. The van der Waals surface area contributed by atoms with E-state index >= 15 is 0 Å². The fourth-order valence-corrected chi connectivity index (χ4v) is 2.54. The van der Waals surface area contributed by atoms with Crippen molar-refractivity contribution in [1.82, 2.24) is 10.6 Å². The Hall–Kier alpha value is -1.84. The van der Waals surface area contributed by atoms with Gasteiger partial charge in [-0.25, -0.2) is 0 Å². The number of rotatable bonds is 7. The molecule has 1 aromatic carbocycles. The van der Waals surface area contributed by atoms with Gasteiger partial charge >= 0.3 is 0 Å². The van der Waals surface area contributed by atoms with E-state index in [-0.39, 0.29) is 23.8 Å². The summed E-state index contributed by atoms with van der Waals surface area (Å²) in [6, 6.07) is 8.73. The lowest BCUT2D eigenvalue weighted by atomic mass is 9.97. The molecule has 2 N–H and O–H groups in total. The van der Waals surface area contributed by atoms with Crippen molar-refractivity contribution in [2.45, 2.75) is 52.1 Å². The maximum atomic E-state index is 12.5. The highest BCUT2D eigenvalue weighted by molar-refractivity contribution is 5.97. The van der Waals surface area contributed by atoms with Gasteiger partial charge in [0.05, 0.1) is 0 Å². The van der Waals surface area contributed by atoms with Gasteiger partial charge in [0.1, 0.15) is 6.04 Å². The van der Waals surface area contributed by atoms with Gasteiger partial charge in [-0.1, -0.05) is 38.5 Å². The molecule has 1 aromatic rings. The molecule has 0 unspecified atom stereocenters. The van der Waals surface area contributed by atoms with Crippen LogP contribution in [-0.2, 0) is 4.79 Å². The van der Waals surface area contributed by atoms with Gasteiger partial charge in [0.15, 0.2) is 0 Å². The van der Waals surface area contributed by atoms with Gasteiger partial charge in [-0.3, -0.25) is 9.59 Å². The molecule has 0 aliphatic heterocycles. The Labute approximate surface area is 132 Å². The monoisotopic (exact) mass is 302 g/mol. The van der Waals surface area contributed by atoms with Crippen LogP contribution >= 0.6 is 0 Å². The molecule has 0 heterocycles. The van der Waals surface area contributed by atoms with Crippen molar-refractivity contribution in [3.63, 3.8) is 0 Å². The Morgan fingerprint density at radius 1 is 1.14 bits per heavy atom. The normalized spacial score (nSPS) is 18.1. The van der Waals surface area contributed by atoms with Crippen molar-refractivity contribution < 1.29 is 9.59 Å². The molecule has 3 atom stereocenters. The van der Waals surface area contributed by atoms with Crippen LogP contribution in [0.25, 0.3) is 0 Å². The Bertz CT molecular complexity index is 511. The second-order valence-corrected chi connectivity index (χ2v) is 6.34. The Kier molecular flexibility index (Phi) is 5.58. The summed E-state index contributed by atoms with van der Waals surface area (Å²) >= 11 is 0. The molecule has 0 bridgehead atoms. The van der Waals surface area contributed by atoms with E-state index in [9.17, 15) is 9.59 Å². The Morgan fingerprint density at radius 2 is 1.77 bits per heavy atom. The van der Waals surface area contributed by atoms with Crippen LogP contribution < -0.4 is 10.6 Å². The summed E-state index contributed by atoms with van der Waals surface area (Å²) in [6.07, 6.45) is 3.21. The van der Waals surface area contributed by atoms with Crippen LogP contribution in [-0.4, -0.2) is 23.9 Å². The number of carbonyl (C=O) groups excluding carboxylic acids is 2. The van der Waals surface area contributed by atoms with Crippen LogP contribution in [0.3, 0.4) is 0 Å². The molecule has 0 saturated heterocycles. The smallest absolute Gasteiger partial charge is 0.251 e. The summed E-state index contributed by atoms with van der Waals surface area (Å²) in [5, 5.41) is 5.96. The Morgan fingerprint density at radius 3 is 2.32 bits per heavy atom. The molecule has 2 amide bonds. The van der Waals surface area contributed by atoms with Crippen molar-refractivity contribution >= 4 is 11.8 Å². The summed E-state index contributed by atoms with van der Waals surface area (Å²) in [5.74, 6) is 0.434. The third-order valence-electron chi connectivity index (χ3n) is 4.52. The number of hydrogen-bond donors (Lipinski definition) is 2. The van der Waals surface area contributed by atoms with Gasteiger partial charge in [-0.15, -0.1) is 0 Å². The van der Waals surface area contributed by atoms with Gasteiger partial charge < -0.3 is 10.6 Å². The average molecular weight is 302 g/mol. The molecular weight excluding hydrogens is 276 g/mol. The maximum absolute atomic E-state index is 12.5. The van der Waals surface area contributed by atoms with E-state index in [0.29, 0.717) is 11.5 Å². The number of amides is 2. The molecule has 4 heteroatoms. The molecule has 1 aliphatic rings. The van der Waals surface area contributed by atoms with E-state index < -0.39 is 6.04 Å². The lowest BCUT2D eigenvalue weighted by Crippen LogP contribution is -2.52. The summed E-state index contributed by atoms with van der Waals surface area (Å²) in [4.78, 5) is 24.8. The molecule has 120 valence electrons. The number of hydrogen-bond acceptors (Lipinski definition) is 2. The zero-order chi connectivity index (χ0) is 16.1. The van der Waals surface area contributed by atoms with Gasteiger partial charge in [0.2, 0.25) is 5.91 Å². The molecular formula is C18H26N2O2. The first-order chi connectivity index (χ1) is 10.5. The third-order valence-corrected chi connectivity index (χ3v) is 4.52. The molecule has 0 aromatic heterocycles. The predicted octanol–water partition coefficient (Wildman–Crippen LogP) is 2.75. The van der Waals surface area contributed by atoms with E-state index in [4.69, 9.17) is 0 Å². The van der Waals surface area contributed by atoms with Crippen molar-refractivity contribution in [3.8, 4) is 0 Å².